The van der Waals surface area contributed by atoms with E-state index in [0.717, 1.165) is 0 Å². The first kappa shape index (κ1) is 6.15. The van der Waals surface area contributed by atoms with Crippen LogP contribution in [0, 0.1) is 0 Å². The van der Waals surface area contributed by atoms with Gasteiger partial charge in [0, 0.05) is 6.54 Å². The van der Waals surface area contributed by atoms with E-state index in [4.69, 9.17) is 5.11 Å². The Balaban J connectivity index is 2.85. The first-order valence-electron chi connectivity index (χ1n) is 2.74. The van der Waals surface area contributed by atoms with Gasteiger partial charge in [-0.05, 0) is 17.4 Å². The highest BCUT2D eigenvalue weighted by Crippen LogP contribution is 1.88. The summed E-state index contributed by atoms with van der Waals surface area (Å²) in [5.74, 6) is 0.512. The molecule has 5 nitrogen and oxygen atoms in total. The summed E-state index contributed by atoms with van der Waals surface area (Å²) in [7, 11) is 0. The molecule has 0 aromatic carbocycles. The van der Waals surface area contributed by atoms with Crippen molar-refractivity contribution in [1.82, 2.24) is 20.2 Å². The maximum Gasteiger partial charge on any atom is 0.176 e. The van der Waals surface area contributed by atoms with Gasteiger partial charge in [-0.3, -0.25) is 0 Å². The Labute approximate surface area is 52.3 Å². The Morgan fingerprint density at radius 2 is 2.44 bits per heavy atom. The van der Waals surface area contributed by atoms with Gasteiger partial charge < -0.3 is 5.11 Å². The molecule has 0 bridgehead atoms. The van der Waals surface area contributed by atoms with Crippen molar-refractivity contribution in [2.45, 2.75) is 20.1 Å². The molecule has 1 rings (SSSR count). The molecule has 0 radical (unpaired) electrons. The van der Waals surface area contributed by atoms with Crippen LogP contribution in [0.15, 0.2) is 0 Å². The van der Waals surface area contributed by atoms with E-state index in [1.165, 1.54) is 0 Å². The van der Waals surface area contributed by atoms with Crippen LogP contribution in [0.25, 0.3) is 0 Å². The van der Waals surface area contributed by atoms with E-state index in [1.54, 1.807) is 4.68 Å². The number of tetrazole rings is 1. The molecule has 0 amide bonds. The fourth-order valence-electron chi connectivity index (χ4n) is 0.582. The summed E-state index contributed by atoms with van der Waals surface area (Å²) in [6.45, 7) is 2.51. The molecule has 0 saturated carbocycles. The molecule has 0 spiro atoms. The van der Waals surface area contributed by atoms with Gasteiger partial charge in [0.1, 0.15) is 6.61 Å². The van der Waals surface area contributed by atoms with E-state index < -0.39 is 0 Å². The summed E-state index contributed by atoms with van der Waals surface area (Å²) in [5.41, 5.74) is 0. The van der Waals surface area contributed by atoms with Crippen LogP contribution in [0.5, 0.6) is 0 Å². The molecule has 1 heterocycles. The lowest BCUT2D eigenvalue weighted by molar-refractivity contribution is 0.263. The number of hydrogen-bond acceptors (Lipinski definition) is 4. The summed E-state index contributed by atoms with van der Waals surface area (Å²) < 4.78 is 1.54. The first-order valence-corrected chi connectivity index (χ1v) is 2.74. The lowest BCUT2D eigenvalue weighted by Crippen LogP contribution is -2.02. The van der Waals surface area contributed by atoms with Gasteiger partial charge >= 0.3 is 0 Å². The fraction of sp³-hybridized carbons (Fsp3) is 0.750. The van der Waals surface area contributed by atoms with E-state index in [-0.39, 0.29) is 6.61 Å². The van der Waals surface area contributed by atoms with Crippen LogP contribution in [0.2, 0.25) is 0 Å². The standard InChI is InChI=1S/C4H8N4O/c1-2-8-4(3-9)5-6-7-8/h9H,2-3H2,1H3. The third-order valence-corrected chi connectivity index (χ3v) is 1.05. The van der Waals surface area contributed by atoms with Gasteiger partial charge in [-0.25, -0.2) is 4.68 Å². The number of aliphatic hydroxyl groups is 1. The lowest BCUT2D eigenvalue weighted by atomic mass is 10.6. The number of nitrogens with zero attached hydrogens (tertiary/aromatic N) is 4. The molecule has 1 aromatic heterocycles. The van der Waals surface area contributed by atoms with Crippen LogP contribution in [0.3, 0.4) is 0 Å². The average molecular weight is 128 g/mol. The predicted molar refractivity (Wildman–Crippen MR) is 29.4 cm³/mol. The van der Waals surface area contributed by atoms with Crippen molar-refractivity contribution < 1.29 is 5.11 Å². The summed E-state index contributed by atoms with van der Waals surface area (Å²) >= 11 is 0. The summed E-state index contributed by atoms with van der Waals surface area (Å²) in [4.78, 5) is 0. The maximum atomic E-state index is 8.58. The highest BCUT2D eigenvalue weighted by atomic mass is 16.3. The van der Waals surface area contributed by atoms with Gasteiger partial charge in [0.05, 0.1) is 0 Å². The first-order chi connectivity index (χ1) is 4.38. The van der Waals surface area contributed by atoms with Gasteiger partial charge in [-0.15, -0.1) is 5.10 Å². The third-order valence-electron chi connectivity index (χ3n) is 1.05. The molecule has 1 aromatic rings. The van der Waals surface area contributed by atoms with E-state index in [0.29, 0.717) is 12.4 Å². The minimum Gasteiger partial charge on any atom is -0.388 e. The molecule has 0 saturated heterocycles. The van der Waals surface area contributed by atoms with Crippen molar-refractivity contribution in [3.63, 3.8) is 0 Å². The fourth-order valence-corrected chi connectivity index (χ4v) is 0.582. The monoisotopic (exact) mass is 128 g/mol. The third kappa shape index (κ3) is 1.05. The van der Waals surface area contributed by atoms with Crippen molar-refractivity contribution >= 4 is 0 Å². The van der Waals surface area contributed by atoms with Crippen LogP contribution < -0.4 is 0 Å². The summed E-state index contributed by atoms with van der Waals surface area (Å²) in [6.07, 6.45) is 0. The molecule has 0 atom stereocenters. The molecule has 1 N–H and O–H groups in total. The largest absolute Gasteiger partial charge is 0.388 e. The summed E-state index contributed by atoms with van der Waals surface area (Å²) in [5, 5.41) is 19.1. The Morgan fingerprint density at radius 1 is 1.67 bits per heavy atom. The zero-order valence-corrected chi connectivity index (χ0v) is 5.15. The van der Waals surface area contributed by atoms with Crippen molar-refractivity contribution in [2.75, 3.05) is 0 Å². The maximum absolute atomic E-state index is 8.58. The molecule has 0 aliphatic carbocycles. The van der Waals surface area contributed by atoms with E-state index in [9.17, 15) is 0 Å². The van der Waals surface area contributed by atoms with E-state index in [2.05, 4.69) is 15.5 Å². The van der Waals surface area contributed by atoms with Crippen LogP contribution in [0.4, 0.5) is 0 Å². The Morgan fingerprint density at radius 3 is 2.89 bits per heavy atom. The number of hydrogen-bond donors (Lipinski definition) is 1. The smallest absolute Gasteiger partial charge is 0.176 e. The quantitative estimate of drug-likeness (QED) is 0.565. The van der Waals surface area contributed by atoms with Crippen LogP contribution in [-0.2, 0) is 13.2 Å². The van der Waals surface area contributed by atoms with Crippen LogP contribution >= 0.6 is 0 Å². The number of aryl methyl sites for hydroxylation is 1. The second-order valence-electron chi connectivity index (χ2n) is 1.57. The SMILES string of the molecule is CCn1nnnc1CO. The zero-order valence-electron chi connectivity index (χ0n) is 5.15. The van der Waals surface area contributed by atoms with Crippen molar-refractivity contribution in [1.29, 1.82) is 0 Å². The van der Waals surface area contributed by atoms with Gasteiger partial charge in [-0.2, -0.15) is 0 Å². The van der Waals surface area contributed by atoms with E-state index in [1.807, 2.05) is 6.92 Å². The van der Waals surface area contributed by atoms with Gasteiger partial charge in [-0.1, -0.05) is 0 Å². The highest BCUT2D eigenvalue weighted by molar-refractivity contribution is 4.74. The second kappa shape index (κ2) is 2.54. The molecule has 5 heteroatoms. The van der Waals surface area contributed by atoms with E-state index >= 15 is 0 Å². The topological polar surface area (TPSA) is 63.8 Å². The minimum absolute atomic E-state index is 0.0964. The Kier molecular flexibility index (Phi) is 1.74. The summed E-state index contributed by atoms with van der Waals surface area (Å²) in [6, 6.07) is 0. The van der Waals surface area contributed by atoms with Crippen LogP contribution in [0.1, 0.15) is 12.7 Å². The second-order valence-corrected chi connectivity index (χ2v) is 1.57. The van der Waals surface area contributed by atoms with Crippen molar-refractivity contribution in [3.8, 4) is 0 Å². The van der Waals surface area contributed by atoms with Gasteiger partial charge in [0.25, 0.3) is 0 Å². The number of rotatable bonds is 2. The molecule has 0 fully saturated rings. The molecule has 0 unspecified atom stereocenters. The number of aromatic nitrogens is 4. The molecule has 0 aliphatic heterocycles. The zero-order chi connectivity index (χ0) is 6.69. The van der Waals surface area contributed by atoms with Crippen molar-refractivity contribution in [3.05, 3.63) is 5.82 Å². The molecular weight excluding hydrogens is 120 g/mol. The highest BCUT2D eigenvalue weighted by Gasteiger charge is 1.98. The molecule has 50 valence electrons. The Bertz CT molecular complexity index is 166. The molecule has 9 heavy (non-hydrogen) atoms. The normalized spacial score (nSPS) is 10.0. The van der Waals surface area contributed by atoms with Crippen molar-refractivity contribution in [2.24, 2.45) is 0 Å². The Hall–Kier alpha value is -0.970. The molecular formula is C4H8N4O. The van der Waals surface area contributed by atoms with Crippen LogP contribution in [-0.4, -0.2) is 25.3 Å². The average Bonchev–Trinajstić information content (AvgIpc) is 2.33. The van der Waals surface area contributed by atoms with Gasteiger partial charge in [0.2, 0.25) is 0 Å². The predicted octanol–water partition coefficient (Wildman–Crippen LogP) is -0.815. The minimum atomic E-state index is -0.0964. The lowest BCUT2D eigenvalue weighted by Gasteiger charge is -1.93. The van der Waals surface area contributed by atoms with Gasteiger partial charge in [0.15, 0.2) is 5.82 Å². The molecule has 0 aliphatic rings. The number of aliphatic hydroxyl groups excluding tert-OH is 1.